The minimum absolute atomic E-state index is 0.421. The van der Waals surface area contributed by atoms with Crippen LogP contribution < -0.4 is 4.90 Å². The van der Waals surface area contributed by atoms with Gasteiger partial charge in [-0.3, -0.25) is 14.7 Å². The van der Waals surface area contributed by atoms with Crippen LogP contribution in [0.15, 0.2) is 12.4 Å². The highest BCUT2D eigenvalue weighted by atomic mass is 16.6. The normalized spacial score (nSPS) is 14.3. The van der Waals surface area contributed by atoms with E-state index in [0.717, 1.165) is 5.56 Å². The molecule has 1 aromatic rings. The number of carbonyl (C=O) groups is 2. The van der Waals surface area contributed by atoms with Crippen molar-refractivity contribution in [1.29, 1.82) is 0 Å². The van der Waals surface area contributed by atoms with Gasteiger partial charge in [0.25, 0.3) is 0 Å². The summed E-state index contributed by atoms with van der Waals surface area (Å²) in [6.45, 7) is 5.97. The molecule has 1 aliphatic rings. The monoisotopic (exact) mass is 248 g/mol. The number of fused-ring (bicyclic) bond motifs is 1. The standard InChI is InChI=1S/C13H16N2O3/c1-13(2,3)18-12(17)15-5-4-9-6-14-7-10(8-16)11(9)15/h6-8H,4-5H2,1-3H3. The Morgan fingerprint density at radius 3 is 2.78 bits per heavy atom. The van der Waals surface area contributed by atoms with Crippen LogP contribution in [0.25, 0.3) is 0 Å². The Morgan fingerprint density at radius 1 is 1.44 bits per heavy atom. The zero-order valence-electron chi connectivity index (χ0n) is 10.8. The van der Waals surface area contributed by atoms with Crippen molar-refractivity contribution in [2.45, 2.75) is 32.8 Å². The van der Waals surface area contributed by atoms with Crippen LogP contribution in [-0.4, -0.2) is 29.5 Å². The van der Waals surface area contributed by atoms with Gasteiger partial charge in [0.2, 0.25) is 0 Å². The third-order valence-corrected chi connectivity index (χ3v) is 2.64. The Labute approximate surface area is 106 Å². The summed E-state index contributed by atoms with van der Waals surface area (Å²) in [7, 11) is 0. The molecule has 1 aromatic heterocycles. The predicted octanol–water partition coefficient (Wildman–Crippen LogP) is 2.19. The first kappa shape index (κ1) is 12.5. The fraction of sp³-hybridized carbons (Fsp3) is 0.462. The largest absolute Gasteiger partial charge is 0.443 e. The van der Waals surface area contributed by atoms with Crippen LogP contribution in [0.4, 0.5) is 10.5 Å². The van der Waals surface area contributed by atoms with Crippen molar-refractivity contribution < 1.29 is 14.3 Å². The number of carbonyl (C=O) groups excluding carboxylic acids is 2. The Balaban J connectivity index is 2.31. The minimum atomic E-state index is -0.547. The van der Waals surface area contributed by atoms with Crippen LogP contribution in [0.2, 0.25) is 0 Å². The fourth-order valence-electron chi connectivity index (χ4n) is 1.96. The SMILES string of the molecule is CC(C)(C)OC(=O)N1CCc2cncc(C=O)c21. The molecule has 0 aliphatic carbocycles. The lowest BCUT2D eigenvalue weighted by Gasteiger charge is -2.25. The second-order valence-corrected chi connectivity index (χ2v) is 5.24. The maximum Gasteiger partial charge on any atom is 0.414 e. The molecule has 0 fully saturated rings. The van der Waals surface area contributed by atoms with Gasteiger partial charge >= 0.3 is 6.09 Å². The summed E-state index contributed by atoms with van der Waals surface area (Å²) in [5.41, 5.74) is 1.42. The van der Waals surface area contributed by atoms with E-state index < -0.39 is 11.7 Å². The van der Waals surface area contributed by atoms with Gasteiger partial charge in [0.05, 0.1) is 11.3 Å². The Morgan fingerprint density at radius 2 is 2.17 bits per heavy atom. The molecule has 1 aliphatic heterocycles. The van der Waals surface area contributed by atoms with Gasteiger partial charge in [0.1, 0.15) is 5.60 Å². The molecule has 1 amide bonds. The van der Waals surface area contributed by atoms with E-state index in [9.17, 15) is 9.59 Å². The Hall–Kier alpha value is -1.91. The molecule has 0 N–H and O–H groups in total. The smallest absolute Gasteiger partial charge is 0.414 e. The number of amides is 1. The summed E-state index contributed by atoms with van der Waals surface area (Å²) in [4.78, 5) is 28.6. The molecule has 0 spiro atoms. The van der Waals surface area contributed by atoms with E-state index in [2.05, 4.69) is 4.98 Å². The minimum Gasteiger partial charge on any atom is -0.443 e. The molecule has 2 rings (SSSR count). The number of rotatable bonds is 1. The Kier molecular flexibility index (Phi) is 3.07. The van der Waals surface area contributed by atoms with Crippen molar-refractivity contribution in [2.24, 2.45) is 0 Å². The van der Waals surface area contributed by atoms with Crippen LogP contribution in [0, 0.1) is 0 Å². The van der Waals surface area contributed by atoms with E-state index in [1.54, 1.807) is 6.20 Å². The second kappa shape index (κ2) is 4.40. The molecule has 0 bridgehead atoms. The van der Waals surface area contributed by atoms with Crippen LogP contribution in [0.5, 0.6) is 0 Å². The third-order valence-electron chi connectivity index (χ3n) is 2.64. The zero-order chi connectivity index (χ0) is 13.3. The summed E-state index contributed by atoms with van der Waals surface area (Å²) >= 11 is 0. The molecule has 0 aromatic carbocycles. The number of hydrogen-bond acceptors (Lipinski definition) is 4. The molecule has 5 heteroatoms. The molecule has 0 atom stereocenters. The molecule has 2 heterocycles. The first-order valence-corrected chi connectivity index (χ1v) is 5.85. The first-order valence-electron chi connectivity index (χ1n) is 5.85. The van der Waals surface area contributed by atoms with Gasteiger partial charge in [0.15, 0.2) is 6.29 Å². The van der Waals surface area contributed by atoms with Gasteiger partial charge in [-0.25, -0.2) is 4.79 Å². The number of aromatic nitrogens is 1. The van der Waals surface area contributed by atoms with Crippen molar-refractivity contribution in [3.63, 3.8) is 0 Å². The topological polar surface area (TPSA) is 59.5 Å². The van der Waals surface area contributed by atoms with Gasteiger partial charge < -0.3 is 4.74 Å². The number of pyridine rings is 1. The third kappa shape index (κ3) is 2.34. The van der Waals surface area contributed by atoms with Crippen LogP contribution in [0.3, 0.4) is 0 Å². The van der Waals surface area contributed by atoms with Gasteiger partial charge in [0, 0.05) is 18.9 Å². The molecule has 5 nitrogen and oxygen atoms in total. The lowest BCUT2D eigenvalue weighted by atomic mass is 10.1. The molecule has 0 saturated heterocycles. The number of anilines is 1. The number of nitrogens with zero attached hydrogens (tertiary/aromatic N) is 2. The van der Waals surface area contributed by atoms with E-state index in [-0.39, 0.29) is 0 Å². The van der Waals surface area contributed by atoms with Crippen LogP contribution >= 0.6 is 0 Å². The maximum atomic E-state index is 12.1. The quantitative estimate of drug-likeness (QED) is 0.715. The average molecular weight is 248 g/mol. The van der Waals surface area contributed by atoms with Gasteiger partial charge in [-0.05, 0) is 32.8 Å². The van der Waals surface area contributed by atoms with Crippen molar-refractivity contribution in [3.05, 3.63) is 23.5 Å². The van der Waals surface area contributed by atoms with Crippen molar-refractivity contribution in [3.8, 4) is 0 Å². The highest BCUT2D eigenvalue weighted by Gasteiger charge is 2.30. The van der Waals surface area contributed by atoms with E-state index in [1.165, 1.54) is 11.1 Å². The van der Waals surface area contributed by atoms with E-state index in [4.69, 9.17) is 4.74 Å². The van der Waals surface area contributed by atoms with Gasteiger partial charge in [-0.15, -0.1) is 0 Å². The first-order chi connectivity index (χ1) is 8.42. The maximum absolute atomic E-state index is 12.1. The Bertz CT molecular complexity index is 491. The molecule has 18 heavy (non-hydrogen) atoms. The summed E-state index contributed by atoms with van der Waals surface area (Å²) in [5, 5.41) is 0. The highest BCUT2D eigenvalue weighted by molar-refractivity contribution is 5.97. The molecule has 96 valence electrons. The van der Waals surface area contributed by atoms with Crippen molar-refractivity contribution in [2.75, 3.05) is 11.4 Å². The lowest BCUT2D eigenvalue weighted by molar-refractivity contribution is 0.0584. The number of aldehydes is 1. The fourth-order valence-corrected chi connectivity index (χ4v) is 1.96. The van der Waals surface area contributed by atoms with Crippen LogP contribution in [-0.2, 0) is 11.2 Å². The summed E-state index contributed by atoms with van der Waals surface area (Å²) in [6.07, 6.45) is 4.15. The molecule has 0 radical (unpaired) electrons. The summed E-state index contributed by atoms with van der Waals surface area (Å²) < 4.78 is 5.33. The van der Waals surface area contributed by atoms with E-state index in [0.29, 0.717) is 30.5 Å². The summed E-state index contributed by atoms with van der Waals surface area (Å²) in [6, 6.07) is 0. The highest BCUT2D eigenvalue weighted by Crippen LogP contribution is 2.31. The summed E-state index contributed by atoms with van der Waals surface area (Å²) in [5.74, 6) is 0. The average Bonchev–Trinajstić information content (AvgIpc) is 2.70. The van der Waals surface area contributed by atoms with E-state index >= 15 is 0 Å². The molecular weight excluding hydrogens is 232 g/mol. The lowest BCUT2D eigenvalue weighted by Crippen LogP contribution is -2.36. The second-order valence-electron chi connectivity index (χ2n) is 5.24. The van der Waals surface area contributed by atoms with Crippen molar-refractivity contribution >= 4 is 18.1 Å². The predicted molar refractivity (Wildman–Crippen MR) is 66.9 cm³/mol. The van der Waals surface area contributed by atoms with Crippen LogP contribution in [0.1, 0.15) is 36.7 Å². The molecule has 0 saturated carbocycles. The van der Waals surface area contributed by atoms with Crippen molar-refractivity contribution in [1.82, 2.24) is 4.98 Å². The molecular formula is C13H16N2O3. The zero-order valence-corrected chi connectivity index (χ0v) is 10.8. The number of hydrogen-bond donors (Lipinski definition) is 0. The van der Waals surface area contributed by atoms with Gasteiger partial charge in [-0.2, -0.15) is 0 Å². The van der Waals surface area contributed by atoms with Gasteiger partial charge in [-0.1, -0.05) is 0 Å². The molecule has 0 unspecified atom stereocenters. The number of ether oxygens (including phenoxy) is 1. The van der Waals surface area contributed by atoms with E-state index in [1.807, 2.05) is 20.8 Å².